The highest BCUT2D eigenvalue weighted by atomic mass is 35.5. The van der Waals surface area contributed by atoms with Crippen molar-refractivity contribution >= 4 is 58.5 Å². The van der Waals surface area contributed by atoms with Gasteiger partial charge in [0.1, 0.15) is 16.7 Å². The number of rotatable bonds is 12. The standard InChI is InChI=1S/C39H34ClN3O4S/c1-3-47-35-17-11-10-16-29(35)24-34(43-37(44)28-14-8-5-9-15-28)38(45)41-30-20-22-32(23-21-30)48-36(27-12-6-4-7-13-27)39(46)42-31-19-18-26(2)33(40)25-31/h4-25,36H,3H2,1-2H3,(H,41,45)(H,42,46)(H,43,44)/b34-24-. The van der Waals surface area contributed by atoms with Gasteiger partial charge in [0.2, 0.25) is 5.91 Å². The Labute approximate surface area is 289 Å². The summed E-state index contributed by atoms with van der Waals surface area (Å²) in [5.74, 6) is -0.539. The Balaban J connectivity index is 1.35. The minimum atomic E-state index is -0.556. The molecule has 5 rings (SSSR count). The van der Waals surface area contributed by atoms with Crippen molar-refractivity contribution in [3.63, 3.8) is 0 Å². The van der Waals surface area contributed by atoms with E-state index in [9.17, 15) is 14.4 Å². The lowest BCUT2D eigenvalue weighted by molar-refractivity contribution is -0.116. The second-order valence-electron chi connectivity index (χ2n) is 10.7. The molecular weight excluding hydrogens is 642 g/mol. The minimum absolute atomic E-state index is 0.0477. The molecule has 5 aromatic rings. The van der Waals surface area contributed by atoms with Gasteiger partial charge in [0.25, 0.3) is 11.8 Å². The number of amides is 3. The topological polar surface area (TPSA) is 96.5 Å². The molecule has 7 nitrogen and oxygen atoms in total. The van der Waals surface area contributed by atoms with Crippen LogP contribution in [0.4, 0.5) is 11.4 Å². The molecule has 0 saturated carbocycles. The van der Waals surface area contributed by atoms with Gasteiger partial charge in [-0.2, -0.15) is 0 Å². The molecule has 0 aromatic heterocycles. The second kappa shape index (κ2) is 16.5. The molecule has 0 fully saturated rings. The molecule has 1 atom stereocenters. The van der Waals surface area contributed by atoms with Crippen LogP contribution in [0.1, 0.15) is 39.2 Å². The Morgan fingerprint density at radius 1 is 0.792 bits per heavy atom. The molecule has 3 amide bonds. The number of halogens is 1. The number of carbonyl (C=O) groups is 3. The maximum absolute atomic E-state index is 13.6. The summed E-state index contributed by atoms with van der Waals surface area (Å²) in [6.45, 7) is 4.23. The van der Waals surface area contributed by atoms with Gasteiger partial charge in [-0.15, -0.1) is 11.8 Å². The fourth-order valence-corrected chi connectivity index (χ4v) is 5.92. The molecule has 0 saturated heterocycles. The summed E-state index contributed by atoms with van der Waals surface area (Å²) in [7, 11) is 0. The Kier molecular flexibility index (Phi) is 11.7. The first-order chi connectivity index (χ1) is 23.3. The van der Waals surface area contributed by atoms with Crippen molar-refractivity contribution in [2.24, 2.45) is 0 Å². The zero-order valence-corrected chi connectivity index (χ0v) is 28.0. The molecule has 1 unspecified atom stereocenters. The zero-order valence-electron chi connectivity index (χ0n) is 26.4. The van der Waals surface area contributed by atoms with Crippen molar-refractivity contribution in [1.29, 1.82) is 0 Å². The molecule has 0 aliphatic rings. The van der Waals surface area contributed by atoms with E-state index in [0.717, 1.165) is 16.0 Å². The van der Waals surface area contributed by atoms with Crippen molar-refractivity contribution in [3.8, 4) is 5.75 Å². The zero-order chi connectivity index (χ0) is 33.9. The molecular formula is C39H34ClN3O4S. The molecule has 0 aliphatic carbocycles. The van der Waals surface area contributed by atoms with Crippen LogP contribution in [-0.2, 0) is 9.59 Å². The van der Waals surface area contributed by atoms with E-state index in [4.69, 9.17) is 16.3 Å². The van der Waals surface area contributed by atoms with Gasteiger partial charge in [0, 0.05) is 32.4 Å². The summed E-state index contributed by atoms with van der Waals surface area (Å²) in [6.07, 6.45) is 1.59. The number of aryl methyl sites for hydroxylation is 1. The van der Waals surface area contributed by atoms with Crippen molar-refractivity contribution in [2.75, 3.05) is 17.2 Å². The van der Waals surface area contributed by atoms with Crippen LogP contribution in [0.5, 0.6) is 5.75 Å². The van der Waals surface area contributed by atoms with E-state index < -0.39 is 17.1 Å². The fraction of sp³-hybridized carbons (Fsp3) is 0.103. The minimum Gasteiger partial charge on any atom is -0.493 e. The number of benzene rings is 5. The Bertz CT molecular complexity index is 1920. The number of para-hydroxylation sites is 1. The van der Waals surface area contributed by atoms with Gasteiger partial charge < -0.3 is 20.7 Å². The fourth-order valence-electron chi connectivity index (χ4n) is 4.72. The summed E-state index contributed by atoms with van der Waals surface area (Å²) >= 11 is 7.68. The van der Waals surface area contributed by atoms with E-state index in [1.165, 1.54) is 11.8 Å². The quantitative estimate of drug-likeness (QED) is 0.0907. The highest BCUT2D eigenvalue weighted by molar-refractivity contribution is 8.00. The van der Waals surface area contributed by atoms with Gasteiger partial charge in [0.05, 0.1) is 6.61 Å². The molecule has 5 aromatic carbocycles. The first kappa shape index (κ1) is 34.0. The predicted molar refractivity (Wildman–Crippen MR) is 194 cm³/mol. The van der Waals surface area contributed by atoms with Gasteiger partial charge in [-0.1, -0.05) is 84.4 Å². The van der Waals surface area contributed by atoms with Crippen LogP contribution in [-0.4, -0.2) is 24.3 Å². The van der Waals surface area contributed by atoms with Crippen LogP contribution in [0.2, 0.25) is 5.02 Å². The van der Waals surface area contributed by atoms with Crippen molar-refractivity contribution in [1.82, 2.24) is 5.32 Å². The van der Waals surface area contributed by atoms with Crippen LogP contribution in [0, 0.1) is 6.92 Å². The van der Waals surface area contributed by atoms with Crippen LogP contribution in [0.25, 0.3) is 6.08 Å². The smallest absolute Gasteiger partial charge is 0.272 e. The summed E-state index contributed by atoms with van der Waals surface area (Å²) in [6, 6.07) is 38.1. The number of anilines is 2. The molecule has 9 heteroatoms. The third-order valence-electron chi connectivity index (χ3n) is 7.19. The molecule has 0 heterocycles. The Morgan fingerprint density at radius 2 is 1.44 bits per heavy atom. The van der Waals surface area contributed by atoms with Gasteiger partial charge in [0.15, 0.2) is 0 Å². The van der Waals surface area contributed by atoms with E-state index in [-0.39, 0.29) is 11.6 Å². The maximum Gasteiger partial charge on any atom is 0.272 e. The van der Waals surface area contributed by atoms with Crippen molar-refractivity contribution < 1.29 is 19.1 Å². The van der Waals surface area contributed by atoms with Gasteiger partial charge >= 0.3 is 0 Å². The second-order valence-corrected chi connectivity index (χ2v) is 12.3. The SMILES string of the molecule is CCOc1ccccc1/C=C(\NC(=O)c1ccccc1)C(=O)Nc1ccc(SC(C(=O)Nc2ccc(C)c(Cl)c2)c2ccccc2)cc1. The number of carbonyl (C=O) groups excluding carboxylic acids is 3. The van der Waals surface area contributed by atoms with Gasteiger partial charge in [-0.25, -0.2) is 0 Å². The molecule has 242 valence electrons. The third kappa shape index (κ3) is 9.15. The first-order valence-electron chi connectivity index (χ1n) is 15.3. The van der Waals surface area contributed by atoms with E-state index in [2.05, 4.69) is 16.0 Å². The maximum atomic E-state index is 13.6. The molecule has 48 heavy (non-hydrogen) atoms. The normalized spacial score (nSPS) is 11.7. The number of ether oxygens (including phenoxy) is 1. The third-order valence-corrected chi connectivity index (χ3v) is 8.87. The van der Waals surface area contributed by atoms with Gasteiger partial charge in [-0.3, -0.25) is 14.4 Å². The Hall–Kier alpha value is -5.31. The highest BCUT2D eigenvalue weighted by Crippen LogP contribution is 2.37. The predicted octanol–water partition coefficient (Wildman–Crippen LogP) is 8.93. The molecule has 0 aliphatic heterocycles. The molecule has 0 radical (unpaired) electrons. The van der Waals surface area contributed by atoms with Crippen LogP contribution >= 0.6 is 23.4 Å². The average Bonchev–Trinajstić information content (AvgIpc) is 3.10. The van der Waals surface area contributed by atoms with E-state index >= 15 is 0 Å². The lowest BCUT2D eigenvalue weighted by Crippen LogP contribution is -2.30. The van der Waals surface area contributed by atoms with E-state index in [0.29, 0.717) is 39.9 Å². The summed E-state index contributed by atoms with van der Waals surface area (Å²) in [4.78, 5) is 41.0. The van der Waals surface area contributed by atoms with Crippen LogP contribution in [0.3, 0.4) is 0 Å². The molecule has 0 spiro atoms. The molecule has 3 N–H and O–H groups in total. The van der Waals surface area contributed by atoms with Crippen molar-refractivity contribution in [3.05, 3.63) is 160 Å². The number of hydrogen-bond donors (Lipinski definition) is 3. The average molecular weight is 676 g/mol. The largest absolute Gasteiger partial charge is 0.493 e. The number of nitrogens with one attached hydrogen (secondary N) is 3. The van der Waals surface area contributed by atoms with E-state index in [1.54, 1.807) is 54.6 Å². The van der Waals surface area contributed by atoms with Gasteiger partial charge in [-0.05, 0) is 85.6 Å². The number of hydrogen-bond acceptors (Lipinski definition) is 5. The first-order valence-corrected chi connectivity index (χ1v) is 16.6. The highest BCUT2D eigenvalue weighted by Gasteiger charge is 2.23. The summed E-state index contributed by atoms with van der Waals surface area (Å²) in [5.41, 5.74) is 3.99. The summed E-state index contributed by atoms with van der Waals surface area (Å²) < 4.78 is 5.74. The molecule has 0 bridgehead atoms. The summed E-state index contributed by atoms with van der Waals surface area (Å²) in [5, 5.41) is 8.65. The Morgan fingerprint density at radius 3 is 2.12 bits per heavy atom. The lowest BCUT2D eigenvalue weighted by atomic mass is 10.1. The van der Waals surface area contributed by atoms with Crippen molar-refractivity contribution in [2.45, 2.75) is 24.0 Å². The van der Waals surface area contributed by atoms with E-state index in [1.807, 2.05) is 92.7 Å². The van der Waals surface area contributed by atoms with Crippen LogP contribution < -0.4 is 20.7 Å². The number of thioether (sulfide) groups is 1. The lowest BCUT2D eigenvalue weighted by Gasteiger charge is -2.18. The van der Waals surface area contributed by atoms with Crippen LogP contribution in [0.15, 0.2) is 138 Å². The monoisotopic (exact) mass is 675 g/mol.